The number of amides is 2. The van der Waals surface area contributed by atoms with Gasteiger partial charge in [-0.3, -0.25) is 30.1 Å². The van der Waals surface area contributed by atoms with E-state index < -0.39 is 11.9 Å². The number of rotatable bonds is 7. The van der Waals surface area contributed by atoms with E-state index in [0.29, 0.717) is 11.4 Å². The average molecular weight is 313 g/mol. The molecule has 1 heterocycles. The van der Waals surface area contributed by atoms with Gasteiger partial charge in [-0.05, 0) is 24.4 Å². The minimum absolute atomic E-state index is 0.00760. The monoisotopic (exact) mass is 313 g/mol. The molecule has 21 heavy (non-hydrogen) atoms. The van der Waals surface area contributed by atoms with Crippen molar-refractivity contribution >= 4 is 29.1 Å². The summed E-state index contributed by atoms with van der Waals surface area (Å²) >= 11 is 1.28. The van der Waals surface area contributed by atoms with Gasteiger partial charge in [0.05, 0.1) is 25.1 Å². The number of hydrazine groups is 1. The van der Waals surface area contributed by atoms with Gasteiger partial charge in [-0.2, -0.15) is 0 Å². The molecule has 1 aromatic rings. The van der Waals surface area contributed by atoms with Gasteiger partial charge in [0.25, 0.3) is 11.8 Å². The van der Waals surface area contributed by atoms with Crippen LogP contribution in [-0.4, -0.2) is 49.4 Å². The zero-order chi connectivity index (χ0) is 15.7. The number of nitrogens with zero attached hydrogens (tertiary/aromatic N) is 1. The largest absolute Gasteiger partial charge is 0.468 e. The summed E-state index contributed by atoms with van der Waals surface area (Å²) in [5, 5.41) is 1.77. The smallest absolute Gasteiger partial charge is 0.319 e. The number of thiophene rings is 1. The molecule has 0 atom stereocenters. The fourth-order valence-corrected chi connectivity index (χ4v) is 2.23. The van der Waals surface area contributed by atoms with E-state index in [9.17, 15) is 14.4 Å². The fourth-order valence-electron chi connectivity index (χ4n) is 1.62. The fraction of sp³-hybridized carbons (Fsp3) is 0.462. The number of carbonyl (C=O) groups excluding carboxylic acids is 3. The quantitative estimate of drug-likeness (QED) is 0.562. The van der Waals surface area contributed by atoms with Crippen molar-refractivity contribution in [3.8, 4) is 0 Å². The Morgan fingerprint density at radius 3 is 2.62 bits per heavy atom. The lowest BCUT2D eigenvalue weighted by Crippen LogP contribution is -2.47. The average Bonchev–Trinajstić information content (AvgIpc) is 2.99. The van der Waals surface area contributed by atoms with Crippen LogP contribution in [0.3, 0.4) is 0 Å². The highest BCUT2D eigenvalue weighted by Crippen LogP contribution is 2.06. The number of hydrogen-bond donors (Lipinski definition) is 2. The second-order valence-corrected chi connectivity index (χ2v) is 5.21. The van der Waals surface area contributed by atoms with Crippen molar-refractivity contribution < 1.29 is 19.1 Å². The summed E-state index contributed by atoms with van der Waals surface area (Å²) in [6.07, 6.45) is 0.797. The minimum Gasteiger partial charge on any atom is -0.468 e. The lowest BCUT2D eigenvalue weighted by atomic mass is 10.4. The summed E-state index contributed by atoms with van der Waals surface area (Å²) in [6, 6.07) is 3.41. The molecule has 0 aliphatic rings. The SMILES string of the molecule is CCCN(CC(=O)NNC(=O)c1cccs1)CC(=O)OC. The molecule has 0 spiro atoms. The Bertz CT molecular complexity index is 476. The molecular formula is C13H19N3O4S. The van der Waals surface area contributed by atoms with E-state index in [1.165, 1.54) is 18.4 Å². The lowest BCUT2D eigenvalue weighted by Gasteiger charge is -2.19. The van der Waals surface area contributed by atoms with Gasteiger partial charge < -0.3 is 4.74 Å². The molecule has 0 fully saturated rings. The highest BCUT2D eigenvalue weighted by Gasteiger charge is 2.15. The number of methoxy groups -OCH3 is 1. The zero-order valence-electron chi connectivity index (χ0n) is 12.0. The van der Waals surface area contributed by atoms with Crippen molar-refractivity contribution in [1.29, 1.82) is 0 Å². The molecule has 2 N–H and O–H groups in total. The maximum atomic E-state index is 11.8. The molecule has 0 radical (unpaired) electrons. The molecule has 0 aliphatic carbocycles. The van der Waals surface area contributed by atoms with Crippen LogP contribution >= 0.6 is 11.3 Å². The molecule has 0 bridgehead atoms. The zero-order valence-corrected chi connectivity index (χ0v) is 12.9. The number of carbonyl (C=O) groups is 3. The maximum absolute atomic E-state index is 11.8. The van der Waals surface area contributed by atoms with Crippen LogP contribution in [0.1, 0.15) is 23.0 Å². The first kappa shape index (κ1) is 17.1. The van der Waals surface area contributed by atoms with Gasteiger partial charge in [0.15, 0.2) is 0 Å². The van der Waals surface area contributed by atoms with Crippen molar-refractivity contribution in [2.45, 2.75) is 13.3 Å². The van der Waals surface area contributed by atoms with E-state index in [1.807, 2.05) is 6.92 Å². The molecule has 0 aliphatic heterocycles. The van der Waals surface area contributed by atoms with Crippen molar-refractivity contribution in [3.63, 3.8) is 0 Å². The van der Waals surface area contributed by atoms with E-state index in [0.717, 1.165) is 6.42 Å². The third-order valence-electron chi connectivity index (χ3n) is 2.55. The molecule has 8 heteroatoms. The molecule has 0 saturated carbocycles. The molecule has 1 rings (SSSR count). The summed E-state index contributed by atoms with van der Waals surface area (Å²) in [7, 11) is 1.30. The third-order valence-corrected chi connectivity index (χ3v) is 3.42. The molecule has 0 unspecified atom stereocenters. The summed E-state index contributed by atoms with van der Waals surface area (Å²) < 4.78 is 4.58. The van der Waals surface area contributed by atoms with Crippen LogP contribution < -0.4 is 10.9 Å². The maximum Gasteiger partial charge on any atom is 0.319 e. The van der Waals surface area contributed by atoms with Crippen LogP contribution in [0.5, 0.6) is 0 Å². The Balaban J connectivity index is 2.39. The first-order chi connectivity index (χ1) is 10.1. The predicted molar refractivity (Wildman–Crippen MR) is 78.7 cm³/mol. The third kappa shape index (κ3) is 6.37. The summed E-state index contributed by atoms with van der Waals surface area (Å²) in [6.45, 7) is 2.58. The molecule has 7 nitrogen and oxygen atoms in total. The van der Waals surface area contributed by atoms with Crippen molar-refractivity contribution in [2.24, 2.45) is 0 Å². The highest BCUT2D eigenvalue weighted by molar-refractivity contribution is 7.12. The van der Waals surface area contributed by atoms with Crippen LogP contribution in [-0.2, 0) is 14.3 Å². The second-order valence-electron chi connectivity index (χ2n) is 4.27. The van der Waals surface area contributed by atoms with Gasteiger partial charge in [0.1, 0.15) is 0 Å². The van der Waals surface area contributed by atoms with Crippen LogP contribution in [0.4, 0.5) is 0 Å². The standard InChI is InChI=1S/C13H19N3O4S/c1-3-6-16(9-12(18)20-2)8-11(17)14-15-13(19)10-5-4-7-21-10/h4-5,7H,3,6,8-9H2,1-2H3,(H,14,17)(H,15,19). The Morgan fingerprint density at radius 2 is 2.05 bits per heavy atom. The van der Waals surface area contributed by atoms with E-state index in [-0.39, 0.29) is 19.0 Å². The molecule has 0 saturated heterocycles. The van der Waals surface area contributed by atoms with Gasteiger partial charge in [-0.25, -0.2) is 0 Å². The first-order valence-corrected chi connectivity index (χ1v) is 7.36. The molecular weight excluding hydrogens is 294 g/mol. The number of hydrogen-bond acceptors (Lipinski definition) is 6. The molecule has 116 valence electrons. The predicted octanol–water partition coefficient (Wildman–Crippen LogP) is 0.394. The van der Waals surface area contributed by atoms with E-state index >= 15 is 0 Å². The summed E-state index contributed by atoms with van der Waals surface area (Å²) in [4.78, 5) is 36.8. The van der Waals surface area contributed by atoms with Crippen LogP contribution in [0.25, 0.3) is 0 Å². The van der Waals surface area contributed by atoms with E-state index in [2.05, 4.69) is 15.6 Å². The molecule has 2 amide bonds. The number of ether oxygens (including phenoxy) is 1. The Kier molecular flexibility index (Phi) is 7.41. The van der Waals surface area contributed by atoms with Crippen molar-refractivity contribution in [1.82, 2.24) is 15.8 Å². The van der Waals surface area contributed by atoms with Crippen LogP contribution in [0.15, 0.2) is 17.5 Å². The van der Waals surface area contributed by atoms with Gasteiger partial charge in [-0.15, -0.1) is 11.3 Å². The minimum atomic E-state index is -0.404. The van der Waals surface area contributed by atoms with Crippen molar-refractivity contribution in [2.75, 3.05) is 26.7 Å². The van der Waals surface area contributed by atoms with Gasteiger partial charge in [0.2, 0.25) is 0 Å². The number of esters is 1. The van der Waals surface area contributed by atoms with E-state index in [1.54, 1.807) is 22.4 Å². The highest BCUT2D eigenvalue weighted by atomic mass is 32.1. The first-order valence-electron chi connectivity index (χ1n) is 6.48. The normalized spacial score (nSPS) is 10.2. The van der Waals surface area contributed by atoms with Gasteiger partial charge in [-0.1, -0.05) is 13.0 Å². The van der Waals surface area contributed by atoms with Gasteiger partial charge in [0, 0.05) is 0 Å². The Hall–Kier alpha value is -1.93. The van der Waals surface area contributed by atoms with Gasteiger partial charge >= 0.3 is 5.97 Å². The van der Waals surface area contributed by atoms with Crippen molar-refractivity contribution in [3.05, 3.63) is 22.4 Å². The van der Waals surface area contributed by atoms with E-state index in [4.69, 9.17) is 0 Å². The molecule has 0 aromatic carbocycles. The second kappa shape index (κ2) is 9.09. The summed E-state index contributed by atoms with van der Waals surface area (Å²) in [5.74, 6) is -1.16. The Morgan fingerprint density at radius 1 is 1.29 bits per heavy atom. The number of nitrogens with one attached hydrogen (secondary N) is 2. The summed E-state index contributed by atoms with van der Waals surface area (Å²) in [5.41, 5.74) is 4.65. The van der Waals surface area contributed by atoms with Crippen LogP contribution in [0, 0.1) is 0 Å². The topological polar surface area (TPSA) is 87.7 Å². The lowest BCUT2D eigenvalue weighted by molar-refractivity contribution is -0.142. The van der Waals surface area contributed by atoms with Crippen LogP contribution in [0.2, 0.25) is 0 Å². The molecule has 1 aromatic heterocycles. The Labute approximate surface area is 127 Å².